The van der Waals surface area contributed by atoms with Crippen molar-refractivity contribution in [1.29, 1.82) is 0 Å². The summed E-state index contributed by atoms with van der Waals surface area (Å²) < 4.78 is 0. The van der Waals surface area contributed by atoms with Gasteiger partial charge >= 0.3 is 0 Å². The second kappa shape index (κ2) is 4.45. The van der Waals surface area contributed by atoms with E-state index in [2.05, 4.69) is 13.6 Å². The molecule has 11 heavy (non-hydrogen) atoms. The van der Waals surface area contributed by atoms with E-state index in [9.17, 15) is 0 Å². The number of rotatable bonds is 1. The van der Waals surface area contributed by atoms with Gasteiger partial charge in [-0.25, -0.2) is 0 Å². The molecule has 0 radical (unpaired) electrons. The minimum atomic E-state index is 0.723. The van der Waals surface area contributed by atoms with Crippen LogP contribution in [0.25, 0.3) is 0 Å². The van der Waals surface area contributed by atoms with Crippen molar-refractivity contribution >= 4 is 8.58 Å². The molecule has 1 unspecified atom stereocenters. The Hall–Kier alpha value is 0.430. The first-order valence-corrected chi connectivity index (χ1v) is 6.46. The van der Waals surface area contributed by atoms with Crippen molar-refractivity contribution in [2.24, 2.45) is 0 Å². The van der Waals surface area contributed by atoms with Crippen LogP contribution in [0.4, 0.5) is 0 Å². The molecule has 1 rings (SSSR count). The van der Waals surface area contributed by atoms with Gasteiger partial charge in [0.05, 0.1) is 0 Å². The first-order chi connectivity index (χ1) is 5.27. The van der Waals surface area contributed by atoms with E-state index in [1.165, 1.54) is 44.9 Å². The van der Waals surface area contributed by atoms with Crippen LogP contribution in [0, 0.1) is 0 Å². The predicted molar refractivity (Wildman–Crippen MR) is 55.0 cm³/mol. The van der Waals surface area contributed by atoms with Crippen LogP contribution in [0.3, 0.4) is 0 Å². The van der Waals surface area contributed by atoms with Crippen LogP contribution in [0.1, 0.15) is 51.9 Å². The molecule has 0 heterocycles. The monoisotopic (exact) mass is 172 g/mol. The molecule has 1 aliphatic carbocycles. The highest BCUT2D eigenvalue weighted by Crippen LogP contribution is 2.39. The molecule has 0 bridgehead atoms. The lowest BCUT2D eigenvalue weighted by molar-refractivity contribution is 0.434. The Labute approximate surface area is 72.9 Å². The molecule has 0 spiro atoms. The first kappa shape index (κ1) is 9.52. The molecule has 0 amide bonds. The maximum atomic E-state index is 2.48. The van der Waals surface area contributed by atoms with Crippen molar-refractivity contribution in [1.82, 2.24) is 0 Å². The maximum absolute atomic E-state index is 2.48. The van der Waals surface area contributed by atoms with Gasteiger partial charge in [-0.05, 0) is 24.7 Å². The van der Waals surface area contributed by atoms with E-state index in [0.717, 1.165) is 13.7 Å². The van der Waals surface area contributed by atoms with Crippen LogP contribution < -0.4 is 0 Å². The van der Waals surface area contributed by atoms with Crippen LogP contribution >= 0.6 is 8.58 Å². The van der Waals surface area contributed by atoms with Crippen molar-refractivity contribution in [2.45, 2.75) is 57.0 Å². The summed E-state index contributed by atoms with van der Waals surface area (Å²) in [5, 5.41) is 0.723. The normalized spacial score (nSPS) is 26.7. The van der Waals surface area contributed by atoms with Crippen molar-refractivity contribution in [3.05, 3.63) is 0 Å². The molecule has 1 aliphatic rings. The van der Waals surface area contributed by atoms with Gasteiger partial charge in [0.25, 0.3) is 0 Å². The second-order valence-corrected chi connectivity index (χ2v) is 5.79. The molecular weight excluding hydrogens is 151 g/mol. The van der Waals surface area contributed by atoms with E-state index >= 15 is 0 Å². The van der Waals surface area contributed by atoms with Crippen molar-refractivity contribution in [3.8, 4) is 0 Å². The lowest BCUT2D eigenvalue weighted by atomic mass is 9.92. The third-order valence-corrected chi connectivity index (χ3v) is 4.77. The molecule has 1 saturated carbocycles. The summed E-state index contributed by atoms with van der Waals surface area (Å²) in [6, 6.07) is 0. The molecular formula is C10H21P. The summed E-state index contributed by atoms with van der Waals surface area (Å²) in [5.74, 6) is 0. The molecule has 66 valence electrons. The van der Waals surface area contributed by atoms with Gasteiger partial charge < -0.3 is 0 Å². The fourth-order valence-electron chi connectivity index (χ4n) is 1.94. The van der Waals surface area contributed by atoms with E-state index in [1.807, 2.05) is 0 Å². The molecule has 1 atom stereocenters. The van der Waals surface area contributed by atoms with Gasteiger partial charge in [0.1, 0.15) is 0 Å². The fraction of sp³-hybridized carbons (Fsp3) is 1.00. The quantitative estimate of drug-likeness (QED) is 0.528. The Bertz CT molecular complexity index is 101. The van der Waals surface area contributed by atoms with Gasteiger partial charge in [-0.3, -0.25) is 0 Å². The fourth-order valence-corrected chi connectivity index (χ4v) is 2.79. The SMILES string of the molecule is CPC1(C)CCCCCCC1. The molecule has 0 saturated heterocycles. The standard InChI is InChI=1S/C10H21P/c1-10(11-2)8-6-4-3-5-7-9-10/h11H,3-9H2,1-2H3. The molecule has 0 nitrogen and oxygen atoms in total. The summed E-state index contributed by atoms with van der Waals surface area (Å²) in [4.78, 5) is 0. The minimum Gasteiger partial charge on any atom is -0.119 e. The highest BCUT2D eigenvalue weighted by atomic mass is 31.1. The topological polar surface area (TPSA) is 0 Å². The summed E-state index contributed by atoms with van der Waals surface area (Å²) in [7, 11) is 1.15. The Morgan fingerprint density at radius 2 is 1.36 bits per heavy atom. The summed E-state index contributed by atoms with van der Waals surface area (Å²) in [6.07, 6.45) is 10.4. The predicted octanol–water partition coefficient (Wildman–Crippen LogP) is 3.80. The number of hydrogen-bond acceptors (Lipinski definition) is 0. The largest absolute Gasteiger partial charge is 0.119 e. The van der Waals surface area contributed by atoms with E-state index < -0.39 is 0 Å². The van der Waals surface area contributed by atoms with Gasteiger partial charge in [0, 0.05) is 0 Å². The third kappa shape index (κ3) is 3.11. The van der Waals surface area contributed by atoms with E-state index in [4.69, 9.17) is 0 Å². The first-order valence-electron chi connectivity index (χ1n) is 4.96. The van der Waals surface area contributed by atoms with Crippen LogP contribution in [0.15, 0.2) is 0 Å². The van der Waals surface area contributed by atoms with Gasteiger partial charge in [0.2, 0.25) is 0 Å². The van der Waals surface area contributed by atoms with Crippen LogP contribution in [-0.2, 0) is 0 Å². The average molecular weight is 172 g/mol. The molecule has 0 aliphatic heterocycles. The Balaban J connectivity index is 2.37. The zero-order valence-electron chi connectivity index (χ0n) is 7.95. The molecule has 0 aromatic rings. The smallest absolute Gasteiger partial charge is 0.0153 e. The average Bonchev–Trinajstić information content (AvgIpc) is 1.98. The van der Waals surface area contributed by atoms with E-state index in [-0.39, 0.29) is 0 Å². The molecule has 0 aromatic heterocycles. The van der Waals surface area contributed by atoms with Crippen LogP contribution in [-0.4, -0.2) is 11.8 Å². The molecule has 1 heteroatoms. The molecule has 0 aromatic carbocycles. The lowest BCUT2D eigenvalue weighted by Crippen LogP contribution is -2.19. The Kier molecular flexibility index (Phi) is 3.85. The van der Waals surface area contributed by atoms with Gasteiger partial charge in [0.15, 0.2) is 0 Å². The molecule has 1 fully saturated rings. The van der Waals surface area contributed by atoms with Crippen molar-refractivity contribution < 1.29 is 0 Å². The van der Waals surface area contributed by atoms with Crippen LogP contribution in [0.5, 0.6) is 0 Å². The van der Waals surface area contributed by atoms with E-state index in [0.29, 0.717) is 0 Å². The third-order valence-electron chi connectivity index (χ3n) is 3.06. The maximum Gasteiger partial charge on any atom is -0.0153 e. The Morgan fingerprint density at radius 1 is 0.909 bits per heavy atom. The second-order valence-electron chi connectivity index (χ2n) is 4.08. The van der Waals surface area contributed by atoms with E-state index in [1.54, 1.807) is 0 Å². The summed E-state index contributed by atoms with van der Waals surface area (Å²) in [5.41, 5.74) is 0. The Morgan fingerprint density at radius 3 is 1.82 bits per heavy atom. The lowest BCUT2D eigenvalue weighted by Gasteiger charge is -2.30. The van der Waals surface area contributed by atoms with Crippen molar-refractivity contribution in [3.63, 3.8) is 0 Å². The highest BCUT2D eigenvalue weighted by molar-refractivity contribution is 7.39. The van der Waals surface area contributed by atoms with Crippen molar-refractivity contribution in [2.75, 3.05) is 6.66 Å². The molecule has 0 N–H and O–H groups in total. The highest BCUT2D eigenvalue weighted by Gasteiger charge is 2.21. The minimum absolute atomic E-state index is 0.723. The van der Waals surface area contributed by atoms with Crippen LogP contribution in [0.2, 0.25) is 0 Å². The zero-order valence-corrected chi connectivity index (χ0v) is 8.95. The van der Waals surface area contributed by atoms with Gasteiger partial charge in [-0.15, -0.1) is 8.58 Å². The number of hydrogen-bond donors (Lipinski definition) is 0. The van der Waals surface area contributed by atoms with Gasteiger partial charge in [-0.2, -0.15) is 0 Å². The summed E-state index contributed by atoms with van der Waals surface area (Å²) in [6.45, 7) is 4.86. The zero-order chi connectivity index (χ0) is 8.16. The summed E-state index contributed by atoms with van der Waals surface area (Å²) >= 11 is 0. The van der Waals surface area contributed by atoms with Gasteiger partial charge in [-0.1, -0.05) is 39.0 Å².